The molecule has 0 radical (unpaired) electrons. The quantitative estimate of drug-likeness (QED) is 0.197. The Morgan fingerprint density at radius 1 is 0.923 bits per heavy atom. The smallest absolute Gasteiger partial charge is 0.133 e. The first-order valence-electron chi connectivity index (χ1n) is 20.6. The molecule has 5 nitrogen and oxygen atoms in total. The molecular formula is C46H65N5S. The second-order valence-electron chi connectivity index (χ2n) is 17.6. The molecule has 1 aliphatic heterocycles. The van der Waals surface area contributed by atoms with Gasteiger partial charge in [0.2, 0.25) is 0 Å². The number of allylic oxidation sites excluding steroid dienone is 2. The van der Waals surface area contributed by atoms with E-state index in [1.807, 2.05) is 18.0 Å². The second kappa shape index (κ2) is 15.4. The fourth-order valence-electron chi connectivity index (χ4n) is 10.0. The van der Waals surface area contributed by atoms with Crippen molar-refractivity contribution in [2.45, 2.75) is 140 Å². The fraction of sp³-hybridized carbons (Fsp3) is 0.609. The summed E-state index contributed by atoms with van der Waals surface area (Å²) in [5, 5.41) is 5.67. The Labute approximate surface area is 319 Å². The standard InChI is InChI=1S/C39H52N4.C7H13NS/c1-5-31-12-13-35(24-29(31)2)39-20-17-38(18-21-39,19-22-39)28-42(30(3)32-10-7-6-8-11-32)36-25-33(14-23-40-36)34-26-41-43(27-34)37(4)15-9-16-37;1-6(2)8-4-7(5-8)9-3/h12-14,23-27,32H,3,5-11,15-22,28H2,1-2,4H3;7H,1,4-5H2,2-3H3. The summed E-state index contributed by atoms with van der Waals surface area (Å²) in [4.78, 5) is 9.92. The number of likely N-dealkylation sites (tertiary alicyclic amines) is 1. The number of anilines is 1. The van der Waals surface area contributed by atoms with Crippen molar-refractivity contribution in [2.24, 2.45) is 11.3 Å². The zero-order valence-electron chi connectivity index (χ0n) is 33.1. The molecule has 0 N–H and O–H groups in total. The SMILES string of the molecule is C=C(C)N1CC(SC)C1.C=C(C1CCCCC1)N(CC12CCC(c3ccc(CC)c(C)c3)(CC1)CC2)c1cc(-c2cnn(C3(C)CCC3)c2)ccn1. The number of hydrogen-bond acceptors (Lipinski definition) is 5. The van der Waals surface area contributed by atoms with Gasteiger partial charge in [0.25, 0.3) is 0 Å². The lowest BCUT2D eigenvalue weighted by Gasteiger charge is -2.55. The van der Waals surface area contributed by atoms with Gasteiger partial charge in [-0.25, -0.2) is 4.98 Å². The van der Waals surface area contributed by atoms with E-state index in [0.29, 0.717) is 16.7 Å². The zero-order valence-corrected chi connectivity index (χ0v) is 33.9. The van der Waals surface area contributed by atoms with Crippen LogP contribution in [-0.4, -0.2) is 50.8 Å². The van der Waals surface area contributed by atoms with Crippen LogP contribution < -0.4 is 4.90 Å². The van der Waals surface area contributed by atoms with E-state index in [2.05, 4.69) is 97.7 Å². The number of aromatic nitrogens is 3. The van der Waals surface area contributed by atoms with Gasteiger partial charge in [0.1, 0.15) is 5.82 Å². The van der Waals surface area contributed by atoms with E-state index in [9.17, 15) is 0 Å². The summed E-state index contributed by atoms with van der Waals surface area (Å²) in [7, 11) is 0. The molecule has 2 bridgehead atoms. The van der Waals surface area contributed by atoms with Crippen LogP contribution in [0.1, 0.15) is 127 Å². The van der Waals surface area contributed by atoms with Crippen molar-refractivity contribution in [1.82, 2.24) is 19.7 Å². The van der Waals surface area contributed by atoms with Crippen LogP contribution in [-0.2, 0) is 17.4 Å². The molecule has 1 aromatic carbocycles. The third-order valence-electron chi connectivity index (χ3n) is 14.3. The maximum atomic E-state index is 5.03. The molecule has 9 rings (SSSR count). The molecule has 2 aromatic heterocycles. The first kappa shape index (κ1) is 37.3. The van der Waals surface area contributed by atoms with Crippen LogP contribution >= 0.6 is 11.8 Å². The Balaban J connectivity index is 0.000000410. The molecule has 5 aliphatic carbocycles. The number of benzene rings is 1. The van der Waals surface area contributed by atoms with Crippen molar-refractivity contribution in [1.29, 1.82) is 0 Å². The molecule has 0 spiro atoms. The summed E-state index contributed by atoms with van der Waals surface area (Å²) < 4.78 is 2.21. The summed E-state index contributed by atoms with van der Waals surface area (Å²) in [5.74, 6) is 1.65. The highest BCUT2D eigenvalue weighted by Gasteiger charge is 2.50. The van der Waals surface area contributed by atoms with E-state index >= 15 is 0 Å². The van der Waals surface area contributed by atoms with Gasteiger partial charge < -0.3 is 9.80 Å². The predicted molar refractivity (Wildman–Crippen MR) is 222 cm³/mol. The predicted octanol–water partition coefficient (Wildman–Crippen LogP) is 11.5. The van der Waals surface area contributed by atoms with Crippen LogP contribution in [0.3, 0.4) is 0 Å². The molecule has 6 heteroatoms. The lowest BCUT2D eigenvalue weighted by atomic mass is 9.51. The van der Waals surface area contributed by atoms with Crippen LogP contribution in [0.5, 0.6) is 0 Å². The number of aryl methyl sites for hydroxylation is 2. The monoisotopic (exact) mass is 719 g/mol. The zero-order chi connectivity index (χ0) is 36.5. The molecule has 280 valence electrons. The van der Waals surface area contributed by atoms with Crippen molar-refractivity contribution < 1.29 is 0 Å². The molecule has 6 aliphatic rings. The first-order valence-corrected chi connectivity index (χ1v) is 21.9. The molecule has 1 saturated heterocycles. The van der Waals surface area contributed by atoms with E-state index in [0.717, 1.165) is 24.0 Å². The Kier molecular flexibility index (Phi) is 11.1. The first-order chi connectivity index (χ1) is 25.1. The van der Waals surface area contributed by atoms with Crippen molar-refractivity contribution in [2.75, 3.05) is 30.8 Å². The van der Waals surface area contributed by atoms with Crippen LogP contribution in [0.4, 0.5) is 5.82 Å². The fourth-order valence-corrected chi connectivity index (χ4v) is 10.7. The minimum atomic E-state index is 0.183. The number of nitrogens with zero attached hydrogens (tertiary/aromatic N) is 5. The Hall–Kier alpha value is -2.99. The topological polar surface area (TPSA) is 37.2 Å². The van der Waals surface area contributed by atoms with Gasteiger partial charge in [-0.2, -0.15) is 16.9 Å². The van der Waals surface area contributed by atoms with Gasteiger partial charge in [0.05, 0.1) is 11.7 Å². The van der Waals surface area contributed by atoms with E-state index in [-0.39, 0.29) is 5.54 Å². The molecule has 6 fully saturated rings. The van der Waals surface area contributed by atoms with Crippen LogP contribution in [0.15, 0.2) is 73.5 Å². The van der Waals surface area contributed by atoms with Crippen molar-refractivity contribution >= 4 is 17.6 Å². The molecule has 0 unspecified atom stereocenters. The summed E-state index contributed by atoms with van der Waals surface area (Å²) >= 11 is 1.95. The number of thioether (sulfide) groups is 1. The van der Waals surface area contributed by atoms with Crippen molar-refractivity contribution in [3.63, 3.8) is 0 Å². The van der Waals surface area contributed by atoms with Gasteiger partial charge in [-0.1, -0.05) is 57.5 Å². The third-order valence-corrected chi connectivity index (χ3v) is 15.3. The van der Waals surface area contributed by atoms with E-state index in [1.54, 1.807) is 5.56 Å². The Bertz CT molecular complexity index is 1700. The molecule has 3 aromatic rings. The van der Waals surface area contributed by atoms with Crippen molar-refractivity contribution in [3.8, 4) is 11.1 Å². The highest BCUT2D eigenvalue weighted by atomic mass is 32.2. The average molecular weight is 720 g/mol. The van der Waals surface area contributed by atoms with Gasteiger partial charge in [-0.05, 0) is 155 Å². The number of fused-ring (bicyclic) bond motifs is 3. The van der Waals surface area contributed by atoms with Crippen LogP contribution in [0, 0.1) is 18.3 Å². The maximum Gasteiger partial charge on any atom is 0.133 e. The number of hydrogen-bond donors (Lipinski definition) is 0. The molecule has 3 heterocycles. The number of pyridine rings is 1. The van der Waals surface area contributed by atoms with Crippen LogP contribution in [0.25, 0.3) is 11.1 Å². The van der Waals surface area contributed by atoms with Gasteiger partial charge in [0.15, 0.2) is 0 Å². The highest BCUT2D eigenvalue weighted by molar-refractivity contribution is 7.99. The van der Waals surface area contributed by atoms with Gasteiger partial charge >= 0.3 is 0 Å². The second-order valence-corrected chi connectivity index (χ2v) is 18.8. The maximum absolute atomic E-state index is 5.03. The average Bonchev–Trinajstić information content (AvgIpc) is 3.65. The normalized spacial score (nSPS) is 25.4. The number of rotatable bonds is 11. The molecule has 0 atom stereocenters. The Morgan fingerprint density at radius 2 is 1.63 bits per heavy atom. The third kappa shape index (κ3) is 7.52. The van der Waals surface area contributed by atoms with E-state index < -0.39 is 0 Å². The van der Waals surface area contributed by atoms with E-state index in [1.165, 1.54) is 137 Å². The summed E-state index contributed by atoms with van der Waals surface area (Å²) in [6.07, 6.45) is 27.8. The lowest BCUT2D eigenvalue weighted by Crippen LogP contribution is -2.49. The van der Waals surface area contributed by atoms with E-state index in [4.69, 9.17) is 16.7 Å². The van der Waals surface area contributed by atoms with Gasteiger partial charge in [0, 0.05) is 54.2 Å². The summed E-state index contributed by atoms with van der Waals surface area (Å²) in [6.45, 7) is 21.1. The molecule has 0 amide bonds. The highest BCUT2D eigenvalue weighted by Crippen LogP contribution is 2.58. The summed E-state index contributed by atoms with van der Waals surface area (Å²) in [5.41, 5.74) is 10.4. The molecular weight excluding hydrogens is 655 g/mol. The van der Waals surface area contributed by atoms with Gasteiger partial charge in [-0.3, -0.25) is 4.68 Å². The molecule has 52 heavy (non-hydrogen) atoms. The Morgan fingerprint density at radius 3 is 2.23 bits per heavy atom. The summed E-state index contributed by atoms with van der Waals surface area (Å²) in [6, 6.07) is 11.9. The lowest BCUT2D eigenvalue weighted by molar-refractivity contribution is 0.0459. The minimum Gasteiger partial charge on any atom is -0.373 e. The molecule has 5 saturated carbocycles. The van der Waals surface area contributed by atoms with Crippen LogP contribution in [0.2, 0.25) is 0 Å². The van der Waals surface area contributed by atoms with Crippen molar-refractivity contribution in [3.05, 3.63) is 90.2 Å². The van der Waals surface area contributed by atoms with Gasteiger partial charge in [-0.15, -0.1) is 0 Å². The largest absolute Gasteiger partial charge is 0.373 e. The minimum absolute atomic E-state index is 0.183.